The zero-order valence-corrected chi connectivity index (χ0v) is 16.8. The Balaban J connectivity index is 2.17. The Labute approximate surface area is 178 Å². The predicted octanol–water partition coefficient (Wildman–Crippen LogP) is 2.00. The highest BCUT2D eigenvalue weighted by Gasteiger charge is 2.53. The minimum atomic E-state index is -2.04. The number of carbonyl (C=O) groups excluding carboxylic acids is 2. The number of carbonyl (C=O) groups is 4. The van der Waals surface area contributed by atoms with Crippen LogP contribution in [-0.2, 0) is 28.7 Å². The van der Waals surface area contributed by atoms with Gasteiger partial charge in [0.2, 0.25) is 0 Å². The number of allylic oxidation sites excluding steroid dienone is 2. The van der Waals surface area contributed by atoms with E-state index in [9.17, 15) is 29.4 Å². The maximum absolute atomic E-state index is 12.5. The zero-order chi connectivity index (χ0) is 23.0. The van der Waals surface area contributed by atoms with Crippen molar-refractivity contribution in [2.75, 3.05) is 19.8 Å². The SMILES string of the molecule is C=C(C)C(=O)OCCOC(=O)C1=CC=CC(COc2ccccc2)(C(=O)O)C1C(=O)O. The van der Waals surface area contributed by atoms with E-state index >= 15 is 0 Å². The van der Waals surface area contributed by atoms with Gasteiger partial charge >= 0.3 is 23.9 Å². The molecule has 2 rings (SSSR count). The Morgan fingerprint density at radius 3 is 2.29 bits per heavy atom. The van der Waals surface area contributed by atoms with Gasteiger partial charge in [0.25, 0.3) is 0 Å². The first-order chi connectivity index (χ1) is 14.7. The highest BCUT2D eigenvalue weighted by molar-refractivity contribution is 6.00. The van der Waals surface area contributed by atoms with Crippen molar-refractivity contribution in [2.45, 2.75) is 6.92 Å². The molecule has 2 atom stereocenters. The van der Waals surface area contributed by atoms with Crippen molar-refractivity contribution in [1.82, 2.24) is 0 Å². The summed E-state index contributed by atoms with van der Waals surface area (Å²) in [6.07, 6.45) is 3.65. The van der Waals surface area contributed by atoms with E-state index in [4.69, 9.17) is 14.2 Å². The van der Waals surface area contributed by atoms with Gasteiger partial charge in [-0.3, -0.25) is 9.59 Å². The van der Waals surface area contributed by atoms with Crippen LogP contribution in [0.2, 0.25) is 0 Å². The largest absolute Gasteiger partial charge is 0.492 e. The molecule has 164 valence electrons. The number of ether oxygens (including phenoxy) is 3. The monoisotopic (exact) mass is 430 g/mol. The summed E-state index contributed by atoms with van der Waals surface area (Å²) in [6.45, 7) is 3.73. The molecule has 0 bridgehead atoms. The predicted molar refractivity (Wildman–Crippen MR) is 107 cm³/mol. The fourth-order valence-electron chi connectivity index (χ4n) is 2.92. The molecule has 9 heteroatoms. The second-order valence-electron chi connectivity index (χ2n) is 6.75. The molecule has 0 heterocycles. The molecule has 0 radical (unpaired) electrons. The van der Waals surface area contributed by atoms with Gasteiger partial charge < -0.3 is 24.4 Å². The second-order valence-corrected chi connectivity index (χ2v) is 6.75. The Morgan fingerprint density at radius 1 is 1.06 bits per heavy atom. The van der Waals surface area contributed by atoms with Crippen molar-refractivity contribution >= 4 is 23.9 Å². The number of benzene rings is 1. The summed E-state index contributed by atoms with van der Waals surface area (Å²) in [5, 5.41) is 19.6. The molecule has 9 nitrogen and oxygen atoms in total. The summed E-state index contributed by atoms with van der Waals surface area (Å²) in [7, 11) is 0. The van der Waals surface area contributed by atoms with Gasteiger partial charge in [0.05, 0.1) is 5.57 Å². The molecule has 2 N–H and O–H groups in total. The summed E-state index contributed by atoms with van der Waals surface area (Å²) >= 11 is 0. The lowest BCUT2D eigenvalue weighted by atomic mass is 9.69. The molecule has 1 aliphatic rings. The van der Waals surface area contributed by atoms with E-state index in [2.05, 4.69) is 6.58 Å². The van der Waals surface area contributed by atoms with Crippen molar-refractivity contribution in [2.24, 2.45) is 11.3 Å². The molecule has 1 aromatic carbocycles. The third kappa shape index (κ3) is 5.59. The molecule has 0 amide bonds. The van der Waals surface area contributed by atoms with Crippen LogP contribution < -0.4 is 4.74 Å². The van der Waals surface area contributed by atoms with E-state index in [0.29, 0.717) is 5.75 Å². The van der Waals surface area contributed by atoms with Crippen LogP contribution in [-0.4, -0.2) is 53.9 Å². The van der Waals surface area contributed by atoms with Crippen LogP contribution in [0.4, 0.5) is 0 Å². The molecule has 0 aromatic heterocycles. The van der Waals surface area contributed by atoms with E-state index in [0.717, 1.165) is 0 Å². The fourth-order valence-corrected chi connectivity index (χ4v) is 2.92. The Hall–Kier alpha value is -3.88. The van der Waals surface area contributed by atoms with Gasteiger partial charge in [0.1, 0.15) is 36.9 Å². The van der Waals surface area contributed by atoms with Crippen molar-refractivity contribution < 1.29 is 43.6 Å². The maximum Gasteiger partial charge on any atom is 0.335 e. The average molecular weight is 430 g/mol. The highest BCUT2D eigenvalue weighted by atomic mass is 16.6. The van der Waals surface area contributed by atoms with Crippen molar-refractivity contribution in [3.05, 3.63) is 66.3 Å². The number of hydrogen-bond acceptors (Lipinski definition) is 7. The normalized spacial score (nSPS) is 19.6. The average Bonchev–Trinajstić information content (AvgIpc) is 2.74. The van der Waals surface area contributed by atoms with Gasteiger partial charge in [0.15, 0.2) is 0 Å². The van der Waals surface area contributed by atoms with E-state index in [1.54, 1.807) is 30.3 Å². The van der Waals surface area contributed by atoms with Crippen LogP contribution in [0, 0.1) is 11.3 Å². The van der Waals surface area contributed by atoms with Gasteiger partial charge in [-0.1, -0.05) is 43.0 Å². The minimum Gasteiger partial charge on any atom is -0.492 e. The number of para-hydroxylation sites is 1. The van der Waals surface area contributed by atoms with Gasteiger partial charge in [-0.2, -0.15) is 0 Å². The maximum atomic E-state index is 12.5. The summed E-state index contributed by atoms with van der Waals surface area (Å²) in [5.74, 6) is -6.11. The Morgan fingerprint density at radius 2 is 1.71 bits per heavy atom. The molecule has 0 fully saturated rings. The molecule has 0 saturated carbocycles. The van der Waals surface area contributed by atoms with Crippen LogP contribution in [0.1, 0.15) is 6.92 Å². The van der Waals surface area contributed by atoms with Gasteiger partial charge in [-0.15, -0.1) is 0 Å². The van der Waals surface area contributed by atoms with E-state index in [1.165, 1.54) is 25.2 Å². The van der Waals surface area contributed by atoms with Crippen LogP contribution in [0.3, 0.4) is 0 Å². The van der Waals surface area contributed by atoms with Gasteiger partial charge in [-0.05, 0) is 19.1 Å². The second kappa shape index (κ2) is 10.2. The molecule has 0 spiro atoms. The number of carboxylic acid groups (broad SMARTS) is 2. The number of hydrogen-bond donors (Lipinski definition) is 2. The number of aliphatic carboxylic acids is 2. The highest BCUT2D eigenvalue weighted by Crippen LogP contribution is 2.40. The van der Waals surface area contributed by atoms with Crippen LogP contribution in [0.25, 0.3) is 0 Å². The van der Waals surface area contributed by atoms with Gasteiger partial charge in [-0.25, -0.2) is 9.59 Å². The summed E-state index contributed by atoms with van der Waals surface area (Å²) in [4.78, 5) is 48.0. The van der Waals surface area contributed by atoms with Crippen molar-refractivity contribution in [3.8, 4) is 5.75 Å². The Bertz CT molecular complexity index is 930. The first-order valence-electron chi connectivity index (χ1n) is 9.22. The summed E-state index contributed by atoms with van der Waals surface area (Å²) in [6, 6.07) is 8.28. The molecule has 1 aliphatic carbocycles. The first kappa shape index (κ1) is 23.4. The topological polar surface area (TPSA) is 136 Å². The van der Waals surface area contributed by atoms with E-state index in [-0.39, 0.29) is 24.4 Å². The zero-order valence-electron chi connectivity index (χ0n) is 16.8. The van der Waals surface area contributed by atoms with Crippen LogP contribution in [0.15, 0.2) is 66.3 Å². The van der Waals surface area contributed by atoms with Crippen molar-refractivity contribution in [3.63, 3.8) is 0 Å². The lowest BCUT2D eigenvalue weighted by molar-refractivity contribution is -0.161. The summed E-state index contributed by atoms with van der Waals surface area (Å²) < 4.78 is 15.3. The van der Waals surface area contributed by atoms with Crippen molar-refractivity contribution in [1.29, 1.82) is 0 Å². The number of carboxylic acids is 2. The van der Waals surface area contributed by atoms with Gasteiger partial charge in [0, 0.05) is 5.57 Å². The number of rotatable bonds is 10. The molecule has 1 aromatic rings. The molecule has 0 saturated heterocycles. The third-order valence-electron chi connectivity index (χ3n) is 4.50. The fraction of sp³-hybridized carbons (Fsp3) is 0.273. The first-order valence-corrected chi connectivity index (χ1v) is 9.22. The standard InChI is InChI=1S/C22H22O9/c1-14(2)19(25)29-11-12-30-20(26)16-9-6-10-22(21(27)28,17(16)18(23)24)13-31-15-7-4-3-5-8-15/h3-10,17H,1,11-13H2,2H3,(H,23,24)(H,27,28). The quantitative estimate of drug-likeness (QED) is 0.324. The van der Waals surface area contributed by atoms with Crippen LogP contribution in [0.5, 0.6) is 5.75 Å². The molecule has 31 heavy (non-hydrogen) atoms. The lowest BCUT2D eigenvalue weighted by Crippen LogP contribution is -2.48. The minimum absolute atomic E-state index is 0.169. The van der Waals surface area contributed by atoms with Crippen LogP contribution >= 0.6 is 0 Å². The summed E-state index contributed by atoms with van der Waals surface area (Å²) in [5.41, 5.74) is -2.24. The lowest BCUT2D eigenvalue weighted by Gasteiger charge is -2.34. The Kier molecular flexibility index (Phi) is 7.73. The molecular formula is C22H22O9. The molecule has 0 aliphatic heterocycles. The smallest absolute Gasteiger partial charge is 0.335 e. The van der Waals surface area contributed by atoms with E-state index in [1.807, 2.05) is 0 Å². The number of esters is 2. The molecule has 2 unspecified atom stereocenters. The third-order valence-corrected chi connectivity index (χ3v) is 4.50. The van der Waals surface area contributed by atoms with E-state index < -0.39 is 41.8 Å². The molecular weight excluding hydrogens is 408 g/mol.